The molecule has 2 amide bonds. The van der Waals surface area contributed by atoms with Crippen LogP contribution in [0.4, 0.5) is 31.1 Å². The highest BCUT2D eigenvalue weighted by atomic mass is 19.4. The number of hydrogen-bond acceptors (Lipinski definition) is 5. The number of cyclic esters (lactones) is 1. The summed E-state index contributed by atoms with van der Waals surface area (Å²) in [4.78, 5) is 30.9. The van der Waals surface area contributed by atoms with Crippen LogP contribution in [0.5, 0.6) is 5.75 Å². The van der Waals surface area contributed by atoms with E-state index in [2.05, 4.69) is 4.90 Å². The van der Waals surface area contributed by atoms with Crippen molar-refractivity contribution in [1.82, 2.24) is 14.7 Å². The van der Waals surface area contributed by atoms with E-state index in [1.807, 2.05) is 13.8 Å². The van der Waals surface area contributed by atoms with E-state index in [1.165, 1.54) is 6.08 Å². The Hall–Kier alpha value is -3.74. The van der Waals surface area contributed by atoms with Crippen molar-refractivity contribution in [1.29, 1.82) is 0 Å². The molecule has 0 aromatic heterocycles. The van der Waals surface area contributed by atoms with E-state index in [0.29, 0.717) is 49.0 Å². The van der Waals surface area contributed by atoms with Gasteiger partial charge in [0.05, 0.1) is 11.6 Å². The van der Waals surface area contributed by atoms with Crippen LogP contribution in [0.25, 0.3) is 11.1 Å². The van der Waals surface area contributed by atoms with Crippen LogP contribution in [0.15, 0.2) is 54.3 Å². The number of halogens is 6. The molecule has 43 heavy (non-hydrogen) atoms. The second kappa shape index (κ2) is 13.3. The zero-order chi connectivity index (χ0) is 31.4. The third-order valence-electron chi connectivity index (χ3n) is 7.52. The Morgan fingerprint density at radius 2 is 1.74 bits per heavy atom. The van der Waals surface area contributed by atoms with Gasteiger partial charge < -0.3 is 19.3 Å². The molecule has 0 bridgehead atoms. The van der Waals surface area contributed by atoms with E-state index < -0.39 is 36.4 Å². The maximum atomic E-state index is 13.4. The maximum absolute atomic E-state index is 13.4. The molecule has 0 N–H and O–H groups in total. The molecule has 0 radical (unpaired) electrons. The Balaban J connectivity index is 1.56. The molecule has 7 nitrogen and oxygen atoms in total. The van der Waals surface area contributed by atoms with E-state index >= 15 is 0 Å². The minimum atomic E-state index is -4.76. The van der Waals surface area contributed by atoms with Crippen molar-refractivity contribution >= 4 is 12.0 Å². The summed E-state index contributed by atoms with van der Waals surface area (Å²) in [7, 11) is 0. The zero-order valence-corrected chi connectivity index (χ0v) is 23.8. The fraction of sp³-hybridized carbons (Fsp3) is 0.467. The summed E-state index contributed by atoms with van der Waals surface area (Å²) >= 11 is 0. The molecule has 13 heteroatoms. The lowest BCUT2D eigenvalue weighted by Gasteiger charge is -2.26. The van der Waals surface area contributed by atoms with Crippen molar-refractivity contribution in [2.24, 2.45) is 0 Å². The lowest BCUT2D eigenvalue weighted by Crippen LogP contribution is -2.38. The van der Waals surface area contributed by atoms with Crippen molar-refractivity contribution in [3.63, 3.8) is 0 Å². The number of rotatable bonds is 11. The van der Waals surface area contributed by atoms with Gasteiger partial charge in [-0.15, -0.1) is 0 Å². The number of amides is 2. The summed E-state index contributed by atoms with van der Waals surface area (Å²) < 4.78 is 88.3. The molecule has 2 aromatic rings. The van der Waals surface area contributed by atoms with Crippen LogP contribution < -0.4 is 4.74 Å². The van der Waals surface area contributed by atoms with E-state index in [-0.39, 0.29) is 24.1 Å². The first kappa shape index (κ1) is 32.2. The summed E-state index contributed by atoms with van der Waals surface area (Å²) in [6.07, 6.45) is -7.07. The van der Waals surface area contributed by atoms with Gasteiger partial charge in [0, 0.05) is 37.8 Å². The maximum Gasteiger partial charge on any atom is 0.422 e. The number of ether oxygens (including phenoxy) is 2. The molecule has 4 rings (SSSR count). The van der Waals surface area contributed by atoms with Gasteiger partial charge >= 0.3 is 18.4 Å². The van der Waals surface area contributed by atoms with Gasteiger partial charge in [-0.2, -0.15) is 26.3 Å². The smallest absolute Gasteiger partial charge is 0.422 e. The normalized spacial score (nSPS) is 17.9. The predicted octanol–water partition coefficient (Wildman–Crippen LogP) is 6.48. The SMILES string of the molecule is CCN(CC)CCN(Cc1ccc(-c2ccc(C(F)(F)F)cc2OCC(F)(F)F)cc1)C(=O)/C=C1/OC(=O)N2CCC[C@@H]12. The minimum Gasteiger partial charge on any atom is -0.483 e. The number of fused-ring (bicyclic) bond motifs is 1. The fourth-order valence-electron chi connectivity index (χ4n) is 5.14. The van der Waals surface area contributed by atoms with Crippen LogP contribution in [0.2, 0.25) is 0 Å². The lowest BCUT2D eigenvalue weighted by atomic mass is 10.0. The first-order chi connectivity index (χ1) is 20.3. The summed E-state index contributed by atoms with van der Waals surface area (Å²) in [5.74, 6) is -0.558. The van der Waals surface area contributed by atoms with Crippen molar-refractivity contribution in [2.45, 2.75) is 51.6 Å². The predicted molar refractivity (Wildman–Crippen MR) is 146 cm³/mol. The first-order valence-corrected chi connectivity index (χ1v) is 14.0. The van der Waals surface area contributed by atoms with Gasteiger partial charge in [-0.25, -0.2) is 4.79 Å². The van der Waals surface area contributed by atoms with Gasteiger partial charge in [-0.1, -0.05) is 44.2 Å². The van der Waals surface area contributed by atoms with Gasteiger partial charge in [-0.3, -0.25) is 9.69 Å². The van der Waals surface area contributed by atoms with Gasteiger partial charge in [0.15, 0.2) is 6.61 Å². The topological polar surface area (TPSA) is 62.3 Å². The molecule has 2 aliphatic rings. The largest absolute Gasteiger partial charge is 0.483 e. The van der Waals surface area contributed by atoms with Crippen LogP contribution in [0.1, 0.15) is 37.8 Å². The quantitative estimate of drug-likeness (QED) is 0.215. The minimum absolute atomic E-state index is 0.0622. The van der Waals surface area contributed by atoms with Gasteiger partial charge in [0.2, 0.25) is 5.91 Å². The van der Waals surface area contributed by atoms with Gasteiger partial charge in [0.25, 0.3) is 0 Å². The number of carbonyl (C=O) groups excluding carboxylic acids is 2. The molecule has 2 saturated heterocycles. The van der Waals surface area contributed by atoms with Crippen LogP contribution in [-0.4, -0.2) is 78.2 Å². The highest BCUT2D eigenvalue weighted by molar-refractivity contribution is 5.89. The molecule has 0 unspecified atom stereocenters. The Labute approximate surface area is 245 Å². The van der Waals surface area contributed by atoms with Crippen molar-refractivity contribution in [2.75, 3.05) is 39.3 Å². The Kier molecular flexibility index (Phi) is 9.93. The first-order valence-electron chi connectivity index (χ1n) is 14.0. The highest BCUT2D eigenvalue weighted by Gasteiger charge is 2.41. The van der Waals surface area contributed by atoms with E-state index in [0.717, 1.165) is 31.6 Å². The van der Waals surface area contributed by atoms with Crippen LogP contribution in [-0.2, 0) is 22.3 Å². The third-order valence-corrected chi connectivity index (χ3v) is 7.52. The van der Waals surface area contributed by atoms with Gasteiger partial charge in [-0.05, 0) is 49.2 Å². The van der Waals surface area contributed by atoms with Gasteiger partial charge in [0.1, 0.15) is 11.5 Å². The molecule has 2 aromatic carbocycles. The van der Waals surface area contributed by atoms with Crippen molar-refractivity contribution < 1.29 is 45.4 Å². The average molecular weight is 614 g/mol. The molecule has 0 aliphatic carbocycles. The highest BCUT2D eigenvalue weighted by Crippen LogP contribution is 2.38. The van der Waals surface area contributed by atoms with Crippen LogP contribution in [0, 0.1) is 0 Å². The summed E-state index contributed by atoms with van der Waals surface area (Å²) in [6, 6.07) is 8.57. The van der Waals surface area contributed by atoms with E-state index in [1.54, 1.807) is 34.1 Å². The Morgan fingerprint density at radius 1 is 1.05 bits per heavy atom. The zero-order valence-electron chi connectivity index (χ0n) is 23.8. The number of carbonyl (C=O) groups is 2. The molecular formula is C30H33F6N3O4. The lowest BCUT2D eigenvalue weighted by molar-refractivity contribution is -0.153. The molecule has 2 heterocycles. The summed E-state index contributed by atoms with van der Waals surface area (Å²) in [5.41, 5.74) is -0.0371. The van der Waals surface area contributed by atoms with E-state index in [4.69, 9.17) is 9.47 Å². The van der Waals surface area contributed by atoms with Crippen LogP contribution >= 0.6 is 0 Å². The molecule has 0 spiro atoms. The molecule has 234 valence electrons. The molecule has 2 aliphatic heterocycles. The molecule has 2 fully saturated rings. The number of alkyl halides is 6. The second-order valence-corrected chi connectivity index (χ2v) is 10.4. The standard InChI is InChI=1S/C30H33F6N3O4/c1-3-37(4-2)14-15-38(27(40)17-26-24-6-5-13-39(24)28(41)43-26)18-20-7-9-21(10-8-20)23-12-11-22(30(34,35)36)16-25(23)42-19-29(31,32)33/h7-12,16-17,24H,3-6,13-15,18-19H2,1-2H3/b26-17+/t24-/m0/s1. The molecule has 1 atom stereocenters. The number of hydrogen-bond donors (Lipinski definition) is 0. The number of benzene rings is 2. The number of likely N-dealkylation sites (N-methyl/N-ethyl adjacent to an activating group) is 1. The molecule has 0 saturated carbocycles. The number of nitrogens with zero attached hydrogens (tertiary/aromatic N) is 3. The Morgan fingerprint density at radius 3 is 2.37 bits per heavy atom. The van der Waals surface area contributed by atoms with Crippen molar-refractivity contribution in [3.8, 4) is 16.9 Å². The monoisotopic (exact) mass is 613 g/mol. The average Bonchev–Trinajstić information content (AvgIpc) is 3.55. The third kappa shape index (κ3) is 8.21. The fourth-order valence-corrected chi connectivity index (χ4v) is 5.14. The van der Waals surface area contributed by atoms with E-state index in [9.17, 15) is 35.9 Å². The summed E-state index contributed by atoms with van der Waals surface area (Å²) in [5, 5.41) is 0. The molecular weight excluding hydrogens is 580 g/mol. The second-order valence-electron chi connectivity index (χ2n) is 10.4. The Bertz CT molecular complexity index is 1320. The summed E-state index contributed by atoms with van der Waals surface area (Å²) in [6.45, 7) is 5.58. The van der Waals surface area contributed by atoms with Crippen molar-refractivity contribution in [3.05, 3.63) is 65.4 Å². The van der Waals surface area contributed by atoms with Crippen LogP contribution in [0.3, 0.4) is 0 Å².